The van der Waals surface area contributed by atoms with Gasteiger partial charge in [0.1, 0.15) is 11.6 Å². The number of carbonyl (C=O) groups excluding carboxylic acids is 2. The molecular formula is C20H17FN2O3S. The predicted molar refractivity (Wildman–Crippen MR) is 101 cm³/mol. The third kappa shape index (κ3) is 4.92. The molecule has 0 radical (unpaired) electrons. The molecule has 3 rings (SSSR count). The summed E-state index contributed by atoms with van der Waals surface area (Å²) in [6.07, 6.45) is 0. The quantitative estimate of drug-likeness (QED) is 0.656. The Labute approximate surface area is 159 Å². The van der Waals surface area contributed by atoms with E-state index in [2.05, 4.69) is 5.32 Å². The molecule has 0 spiro atoms. The number of nitrogens with one attached hydrogen (secondary N) is 1. The first kappa shape index (κ1) is 18.6. The number of halogens is 1. The van der Waals surface area contributed by atoms with E-state index >= 15 is 0 Å². The molecule has 27 heavy (non-hydrogen) atoms. The molecule has 1 atom stereocenters. The van der Waals surface area contributed by atoms with Crippen molar-refractivity contribution in [2.45, 2.75) is 6.04 Å². The maximum Gasteiger partial charge on any atom is 0.255 e. The Bertz CT molecular complexity index is 909. The SMILES string of the molecule is NC(=O)COc1ccc(C(=O)N[C@@H](c2ccc(F)cc2)c2cccs2)cc1. The van der Waals surface area contributed by atoms with Gasteiger partial charge in [0.15, 0.2) is 6.61 Å². The molecule has 3 N–H and O–H groups in total. The second-order valence-corrected chi connectivity index (χ2v) is 6.73. The van der Waals surface area contributed by atoms with E-state index in [1.807, 2.05) is 17.5 Å². The van der Waals surface area contributed by atoms with Gasteiger partial charge in [-0.05, 0) is 53.4 Å². The van der Waals surface area contributed by atoms with Crippen LogP contribution in [0, 0.1) is 5.82 Å². The predicted octanol–water partition coefficient (Wildman–Crippen LogP) is 3.27. The van der Waals surface area contributed by atoms with Gasteiger partial charge in [0.2, 0.25) is 0 Å². The highest BCUT2D eigenvalue weighted by Gasteiger charge is 2.19. The van der Waals surface area contributed by atoms with Crippen LogP contribution in [-0.4, -0.2) is 18.4 Å². The van der Waals surface area contributed by atoms with Gasteiger partial charge in [0, 0.05) is 10.4 Å². The standard InChI is InChI=1S/C20H17FN2O3S/c21-15-7-3-13(4-8-15)19(17-2-1-11-27-17)23-20(25)14-5-9-16(10-6-14)26-12-18(22)24/h1-11,19H,12H2,(H2,22,24)(H,23,25)/t19-/m0/s1. The van der Waals surface area contributed by atoms with Crippen molar-refractivity contribution in [2.24, 2.45) is 5.73 Å². The summed E-state index contributed by atoms with van der Waals surface area (Å²) in [5.41, 5.74) is 6.25. The fourth-order valence-electron chi connectivity index (χ4n) is 2.50. The van der Waals surface area contributed by atoms with Crippen molar-refractivity contribution in [1.82, 2.24) is 5.32 Å². The topological polar surface area (TPSA) is 81.4 Å². The van der Waals surface area contributed by atoms with Gasteiger partial charge in [-0.25, -0.2) is 4.39 Å². The van der Waals surface area contributed by atoms with Gasteiger partial charge in [-0.1, -0.05) is 18.2 Å². The van der Waals surface area contributed by atoms with Gasteiger partial charge in [-0.2, -0.15) is 0 Å². The van der Waals surface area contributed by atoms with Crippen LogP contribution in [0.5, 0.6) is 5.75 Å². The second-order valence-electron chi connectivity index (χ2n) is 5.75. The molecule has 0 aliphatic carbocycles. The lowest BCUT2D eigenvalue weighted by molar-refractivity contribution is -0.119. The van der Waals surface area contributed by atoms with Crippen molar-refractivity contribution in [3.05, 3.63) is 87.9 Å². The lowest BCUT2D eigenvalue weighted by Gasteiger charge is -2.18. The average molecular weight is 384 g/mol. The number of hydrogen-bond acceptors (Lipinski definition) is 4. The van der Waals surface area contributed by atoms with Crippen LogP contribution in [0.25, 0.3) is 0 Å². The first-order valence-electron chi connectivity index (χ1n) is 8.14. The summed E-state index contributed by atoms with van der Waals surface area (Å²) in [5, 5.41) is 4.89. The van der Waals surface area contributed by atoms with E-state index in [9.17, 15) is 14.0 Å². The van der Waals surface area contributed by atoms with E-state index in [0.717, 1.165) is 10.4 Å². The monoisotopic (exact) mass is 384 g/mol. The Morgan fingerprint density at radius 3 is 2.37 bits per heavy atom. The highest BCUT2D eigenvalue weighted by atomic mass is 32.1. The molecule has 0 unspecified atom stereocenters. The molecule has 3 aromatic rings. The van der Waals surface area contributed by atoms with Crippen LogP contribution < -0.4 is 15.8 Å². The van der Waals surface area contributed by atoms with Gasteiger partial charge < -0.3 is 15.8 Å². The Hall–Kier alpha value is -3.19. The van der Waals surface area contributed by atoms with Crippen LogP contribution in [0.15, 0.2) is 66.0 Å². The van der Waals surface area contributed by atoms with Gasteiger partial charge in [0.05, 0.1) is 6.04 Å². The normalized spacial score (nSPS) is 11.6. The van der Waals surface area contributed by atoms with Crippen LogP contribution in [0.1, 0.15) is 26.8 Å². The molecule has 2 aromatic carbocycles. The number of ether oxygens (including phenoxy) is 1. The zero-order valence-corrected chi connectivity index (χ0v) is 15.0. The average Bonchev–Trinajstić information content (AvgIpc) is 3.20. The molecule has 0 aliphatic rings. The molecule has 0 fully saturated rings. The molecule has 0 aliphatic heterocycles. The Balaban J connectivity index is 1.76. The van der Waals surface area contributed by atoms with Crippen LogP contribution >= 0.6 is 11.3 Å². The fourth-order valence-corrected chi connectivity index (χ4v) is 3.30. The Morgan fingerprint density at radius 2 is 1.78 bits per heavy atom. The van der Waals surface area contributed by atoms with Crippen molar-refractivity contribution < 1.29 is 18.7 Å². The minimum atomic E-state index is -0.574. The molecule has 2 amide bonds. The third-order valence-electron chi connectivity index (χ3n) is 3.80. The van der Waals surface area contributed by atoms with Gasteiger partial charge in [-0.15, -0.1) is 11.3 Å². The van der Waals surface area contributed by atoms with Crippen molar-refractivity contribution in [1.29, 1.82) is 0 Å². The Morgan fingerprint density at radius 1 is 1.07 bits per heavy atom. The number of amides is 2. The van der Waals surface area contributed by atoms with Crippen LogP contribution in [0.4, 0.5) is 4.39 Å². The van der Waals surface area contributed by atoms with Crippen molar-refractivity contribution in [3.8, 4) is 5.75 Å². The van der Waals surface area contributed by atoms with Crippen molar-refractivity contribution >= 4 is 23.2 Å². The third-order valence-corrected chi connectivity index (χ3v) is 4.74. The van der Waals surface area contributed by atoms with E-state index in [1.165, 1.54) is 23.5 Å². The molecule has 7 heteroatoms. The number of thiophene rings is 1. The number of carbonyl (C=O) groups is 2. The van der Waals surface area contributed by atoms with Crippen LogP contribution in [0.2, 0.25) is 0 Å². The summed E-state index contributed by atoms with van der Waals surface area (Å²) in [7, 11) is 0. The van der Waals surface area contributed by atoms with E-state index in [-0.39, 0.29) is 24.4 Å². The van der Waals surface area contributed by atoms with Crippen LogP contribution in [-0.2, 0) is 4.79 Å². The summed E-state index contributed by atoms with van der Waals surface area (Å²) in [5.74, 6) is -0.741. The fraction of sp³-hybridized carbons (Fsp3) is 0.100. The summed E-state index contributed by atoms with van der Waals surface area (Å²) in [6.45, 7) is -0.226. The molecular weight excluding hydrogens is 367 g/mol. The number of rotatable bonds is 7. The number of primary amides is 1. The lowest BCUT2D eigenvalue weighted by Crippen LogP contribution is -2.28. The van der Waals surface area contributed by atoms with E-state index < -0.39 is 5.91 Å². The lowest BCUT2D eigenvalue weighted by atomic mass is 10.0. The number of nitrogens with two attached hydrogens (primary N) is 1. The maximum absolute atomic E-state index is 13.2. The first-order valence-corrected chi connectivity index (χ1v) is 9.02. The molecule has 138 valence electrons. The second kappa shape index (κ2) is 8.46. The van der Waals surface area contributed by atoms with Crippen LogP contribution in [0.3, 0.4) is 0 Å². The minimum Gasteiger partial charge on any atom is -0.484 e. The molecule has 5 nitrogen and oxygen atoms in total. The van der Waals surface area contributed by atoms with Crippen molar-refractivity contribution in [3.63, 3.8) is 0 Å². The van der Waals surface area contributed by atoms with E-state index in [1.54, 1.807) is 36.4 Å². The molecule has 0 bridgehead atoms. The molecule has 1 aromatic heterocycles. The largest absolute Gasteiger partial charge is 0.484 e. The molecule has 0 saturated carbocycles. The number of hydrogen-bond donors (Lipinski definition) is 2. The zero-order chi connectivity index (χ0) is 19.2. The zero-order valence-electron chi connectivity index (χ0n) is 14.2. The summed E-state index contributed by atoms with van der Waals surface area (Å²) in [6, 6.07) is 15.9. The summed E-state index contributed by atoms with van der Waals surface area (Å²) < 4.78 is 18.4. The molecule has 0 saturated heterocycles. The summed E-state index contributed by atoms with van der Waals surface area (Å²) in [4.78, 5) is 24.4. The Kier molecular flexibility index (Phi) is 5.83. The minimum absolute atomic E-state index is 0.226. The number of benzene rings is 2. The van der Waals surface area contributed by atoms with E-state index in [0.29, 0.717) is 11.3 Å². The smallest absolute Gasteiger partial charge is 0.255 e. The highest BCUT2D eigenvalue weighted by Crippen LogP contribution is 2.27. The molecule has 1 heterocycles. The van der Waals surface area contributed by atoms with Gasteiger partial charge in [-0.3, -0.25) is 9.59 Å². The van der Waals surface area contributed by atoms with Crippen molar-refractivity contribution in [2.75, 3.05) is 6.61 Å². The summed E-state index contributed by atoms with van der Waals surface area (Å²) >= 11 is 1.51. The first-order chi connectivity index (χ1) is 13.0. The van der Waals surface area contributed by atoms with E-state index in [4.69, 9.17) is 10.5 Å². The highest BCUT2D eigenvalue weighted by molar-refractivity contribution is 7.10. The van der Waals surface area contributed by atoms with Gasteiger partial charge in [0.25, 0.3) is 11.8 Å². The van der Waals surface area contributed by atoms with Gasteiger partial charge >= 0.3 is 0 Å². The maximum atomic E-state index is 13.2.